The Morgan fingerprint density at radius 3 is 2.79 bits per heavy atom. The maximum absolute atomic E-state index is 12.8. The van der Waals surface area contributed by atoms with Crippen LogP contribution in [0.2, 0.25) is 0 Å². The Hall–Kier alpha value is -2.70. The summed E-state index contributed by atoms with van der Waals surface area (Å²) in [7, 11) is 0. The van der Waals surface area contributed by atoms with E-state index in [1.165, 1.54) is 16.8 Å². The number of hydrogen-bond donors (Lipinski definition) is 2. The van der Waals surface area contributed by atoms with Crippen LogP contribution in [0.5, 0.6) is 0 Å². The fourth-order valence-corrected chi connectivity index (χ4v) is 2.72. The minimum Gasteiger partial charge on any atom is -0.336 e. The fourth-order valence-electron chi connectivity index (χ4n) is 2.72. The van der Waals surface area contributed by atoms with Crippen molar-refractivity contribution in [2.24, 2.45) is 0 Å². The SMILES string of the molecule is O=C(NCCn1nc2c(cc1=O)CCC2)NCc1ccc(F)cc1. The van der Waals surface area contributed by atoms with Crippen molar-refractivity contribution >= 4 is 6.03 Å². The van der Waals surface area contributed by atoms with Gasteiger partial charge in [0.2, 0.25) is 0 Å². The molecule has 1 aliphatic rings. The van der Waals surface area contributed by atoms with Crippen LogP contribution >= 0.6 is 0 Å². The zero-order chi connectivity index (χ0) is 16.9. The maximum atomic E-state index is 12.8. The average molecular weight is 330 g/mol. The quantitative estimate of drug-likeness (QED) is 0.869. The summed E-state index contributed by atoms with van der Waals surface area (Å²) < 4.78 is 14.2. The number of aromatic nitrogens is 2. The lowest BCUT2D eigenvalue weighted by Gasteiger charge is -2.09. The van der Waals surface area contributed by atoms with Gasteiger partial charge in [0.05, 0.1) is 12.2 Å². The summed E-state index contributed by atoms with van der Waals surface area (Å²) in [5.74, 6) is -0.310. The van der Waals surface area contributed by atoms with Crippen molar-refractivity contribution in [1.82, 2.24) is 20.4 Å². The third-order valence-electron chi connectivity index (χ3n) is 4.00. The number of hydrogen-bond acceptors (Lipinski definition) is 3. The summed E-state index contributed by atoms with van der Waals surface area (Å²) in [6, 6.07) is 7.23. The number of carbonyl (C=O) groups excluding carboxylic acids is 1. The van der Waals surface area contributed by atoms with Crippen LogP contribution in [-0.4, -0.2) is 22.4 Å². The van der Waals surface area contributed by atoms with Crippen molar-refractivity contribution in [3.63, 3.8) is 0 Å². The van der Waals surface area contributed by atoms with Gasteiger partial charge in [-0.05, 0) is 42.5 Å². The van der Waals surface area contributed by atoms with Crippen LogP contribution in [0, 0.1) is 5.82 Å². The summed E-state index contributed by atoms with van der Waals surface area (Å²) in [4.78, 5) is 23.7. The molecule has 0 bridgehead atoms. The molecule has 1 aromatic heterocycles. The van der Waals surface area contributed by atoms with Gasteiger partial charge in [-0.3, -0.25) is 4.79 Å². The Labute approximate surface area is 138 Å². The van der Waals surface area contributed by atoms with Gasteiger partial charge in [-0.2, -0.15) is 5.10 Å². The van der Waals surface area contributed by atoms with Gasteiger partial charge in [0.15, 0.2) is 0 Å². The summed E-state index contributed by atoms with van der Waals surface area (Å²) in [6.45, 7) is 0.945. The molecule has 0 saturated carbocycles. The number of fused-ring (bicyclic) bond motifs is 1. The number of rotatable bonds is 5. The zero-order valence-corrected chi connectivity index (χ0v) is 13.2. The predicted molar refractivity (Wildman–Crippen MR) is 87.2 cm³/mol. The normalized spacial score (nSPS) is 12.7. The number of aryl methyl sites for hydroxylation is 2. The first-order chi connectivity index (χ1) is 11.6. The fraction of sp³-hybridized carbons (Fsp3) is 0.353. The number of urea groups is 1. The van der Waals surface area contributed by atoms with Gasteiger partial charge in [-0.1, -0.05) is 12.1 Å². The van der Waals surface area contributed by atoms with E-state index in [1.807, 2.05) is 0 Å². The van der Waals surface area contributed by atoms with Crippen LogP contribution in [0.1, 0.15) is 23.2 Å². The van der Waals surface area contributed by atoms with Gasteiger partial charge in [0, 0.05) is 19.2 Å². The Morgan fingerprint density at radius 1 is 1.21 bits per heavy atom. The molecule has 7 heteroatoms. The van der Waals surface area contributed by atoms with Gasteiger partial charge < -0.3 is 10.6 Å². The molecule has 0 unspecified atom stereocenters. The second kappa shape index (κ2) is 7.25. The summed E-state index contributed by atoms with van der Waals surface area (Å²) in [5, 5.41) is 9.71. The number of amides is 2. The van der Waals surface area contributed by atoms with E-state index in [9.17, 15) is 14.0 Å². The number of benzene rings is 1. The molecule has 2 N–H and O–H groups in total. The number of nitrogens with one attached hydrogen (secondary N) is 2. The highest BCUT2D eigenvalue weighted by Crippen LogP contribution is 2.16. The first-order valence-corrected chi connectivity index (χ1v) is 7.98. The lowest BCUT2D eigenvalue weighted by Crippen LogP contribution is -2.38. The highest BCUT2D eigenvalue weighted by Gasteiger charge is 2.14. The largest absolute Gasteiger partial charge is 0.336 e. The Balaban J connectivity index is 1.45. The molecule has 0 atom stereocenters. The van der Waals surface area contributed by atoms with Gasteiger partial charge in [-0.25, -0.2) is 13.9 Å². The van der Waals surface area contributed by atoms with Crippen LogP contribution in [0.3, 0.4) is 0 Å². The monoisotopic (exact) mass is 330 g/mol. The third kappa shape index (κ3) is 3.98. The molecule has 24 heavy (non-hydrogen) atoms. The van der Waals surface area contributed by atoms with Crippen LogP contribution in [0.25, 0.3) is 0 Å². The minimum absolute atomic E-state index is 0.135. The van der Waals surface area contributed by atoms with E-state index in [4.69, 9.17) is 0 Å². The van der Waals surface area contributed by atoms with Crippen molar-refractivity contribution < 1.29 is 9.18 Å². The van der Waals surface area contributed by atoms with E-state index in [-0.39, 0.29) is 17.4 Å². The number of nitrogens with zero attached hydrogens (tertiary/aromatic N) is 2. The predicted octanol–water partition coefficient (Wildman–Crippen LogP) is 1.37. The highest BCUT2D eigenvalue weighted by atomic mass is 19.1. The van der Waals surface area contributed by atoms with E-state index in [1.54, 1.807) is 18.2 Å². The summed E-state index contributed by atoms with van der Waals surface area (Å²) in [5.41, 5.74) is 2.70. The third-order valence-corrected chi connectivity index (χ3v) is 4.00. The van der Waals surface area contributed by atoms with E-state index < -0.39 is 0 Å². The standard InChI is InChI=1S/C17H19FN4O2/c18-14-6-4-12(5-7-14)11-20-17(24)19-8-9-22-16(23)10-13-2-1-3-15(13)21-22/h4-7,10H,1-3,8-9,11H2,(H2,19,20,24). The molecule has 0 fully saturated rings. The molecule has 126 valence electrons. The molecule has 0 spiro atoms. The lowest BCUT2D eigenvalue weighted by atomic mass is 10.2. The maximum Gasteiger partial charge on any atom is 0.315 e. The van der Waals surface area contributed by atoms with E-state index in [2.05, 4.69) is 15.7 Å². The molecule has 3 rings (SSSR count). The van der Waals surface area contributed by atoms with Gasteiger partial charge in [0.1, 0.15) is 5.82 Å². The first-order valence-electron chi connectivity index (χ1n) is 7.98. The van der Waals surface area contributed by atoms with E-state index in [0.29, 0.717) is 19.6 Å². The Kier molecular flexibility index (Phi) is 4.88. The van der Waals surface area contributed by atoms with E-state index >= 15 is 0 Å². The number of carbonyl (C=O) groups is 1. The topological polar surface area (TPSA) is 76.0 Å². The molecule has 6 nitrogen and oxygen atoms in total. The van der Waals surface area contributed by atoms with Gasteiger partial charge >= 0.3 is 6.03 Å². The van der Waals surface area contributed by atoms with Crippen molar-refractivity contribution in [3.05, 3.63) is 63.3 Å². The van der Waals surface area contributed by atoms with E-state index in [0.717, 1.165) is 36.1 Å². The second-order valence-electron chi connectivity index (χ2n) is 5.77. The molecule has 0 aliphatic heterocycles. The summed E-state index contributed by atoms with van der Waals surface area (Å²) >= 11 is 0. The van der Waals surface area contributed by atoms with Crippen molar-refractivity contribution in [3.8, 4) is 0 Å². The van der Waals surface area contributed by atoms with Crippen LogP contribution in [0.4, 0.5) is 9.18 Å². The van der Waals surface area contributed by atoms with Crippen LogP contribution in [0.15, 0.2) is 35.1 Å². The van der Waals surface area contributed by atoms with Crippen molar-refractivity contribution in [2.75, 3.05) is 6.54 Å². The minimum atomic E-state index is -0.339. The number of halogens is 1. The van der Waals surface area contributed by atoms with Crippen molar-refractivity contribution in [1.29, 1.82) is 0 Å². The van der Waals surface area contributed by atoms with Crippen LogP contribution in [-0.2, 0) is 25.9 Å². The lowest BCUT2D eigenvalue weighted by molar-refractivity contribution is 0.240. The second-order valence-corrected chi connectivity index (χ2v) is 5.77. The molecule has 0 radical (unpaired) electrons. The molecular formula is C17H19FN4O2. The van der Waals surface area contributed by atoms with Gasteiger partial charge in [0.25, 0.3) is 5.56 Å². The molecular weight excluding hydrogens is 311 g/mol. The smallest absolute Gasteiger partial charge is 0.315 e. The Morgan fingerprint density at radius 2 is 2.00 bits per heavy atom. The highest BCUT2D eigenvalue weighted by molar-refractivity contribution is 5.73. The average Bonchev–Trinajstić information content (AvgIpc) is 3.01. The molecule has 0 saturated heterocycles. The molecule has 1 aliphatic carbocycles. The zero-order valence-electron chi connectivity index (χ0n) is 13.2. The summed E-state index contributed by atoms with van der Waals surface area (Å²) in [6.07, 6.45) is 2.86. The van der Waals surface area contributed by atoms with Crippen LogP contribution < -0.4 is 16.2 Å². The molecule has 2 amide bonds. The molecule has 1 aromatic carbocycles. The first kappa shape index (κ1) is 16.2. The molecule has 2 aromatic rings. The van der Waals surface area contributed by atoms with Gasteiger partial charge in [-0.15, -0.1) is 0 Å². The Bertz CT molecular complexity index is 786. The molecule has 1 heterocycles. The van der Waals surface area contributed by atoms with Crippen molar-refractivity contribution in [2.45, 2.75) is 32.4 Å².